The fourth-order valence-electron chi connectivity index (χ4n) is 1.89. The minimum absolute atomic E-state index is 0.141. The summed E-state index contributed by atoms with van der Waals surface area (Å²) in [4.78, 5) is 29.9. The van der Waals surface area contributed by atoms with Gasteiger partial charge in [-0.1, -0.05) is 11.6 Å². The maximum absolute atomic E-state index is 12.2. The summed E-state index contributed by atoms with van der Waals surface area (Å²) in [6, 6.07) is 6.32. The Kier molecular flexibility index (Phi) is 5.95. The van der Waals surface area contributed by atoms with Gasteiger partial charge in [-0.15, -0.1) is 11.3 Å². The van der Waals surface area contributed by atoms with E-state index >= 15 is 0 Å². The van der Waals surface area contributed by atoms with E-state index in [1.807, 2.05) is 13.8 Å². The first-order valence-electron chi connectivity index (χ1n) is 7.11. The van der Waals surface area contributed by atoms with E-state index in [2.05, 4.69) is 15.6 Å². The zero-order valence-corrected chi connectivity index (χ0v) is 14.4. The molecule has 0 saturated carbocycles. The van der Waals surface area contributed by atoms with Crippen LogP contribution in [0, 0.1) is 0 Å². The highest BCUT2D eigenvalue weighted by molar-refractivity contribution is 7.14. The number of carbonyl (C=O) groups is 2. The van der Waals surface area contributed by atoms with Crippen LogP contribution in [-0.4, -0.2) is 34.9 Å². The third kappa shape index (κ3) is 4.67. The average molecular weight is 353 g/mol. The molecular weight excluding hydrogens is 336 g/mol. The molecule has 0 bridgehead atoms. The molecule has 1 heterocycles. The SMILES string of the molecule is CCN(CC)C(=O)c1csc(NC(=O)Nc2ccc(Cl)cc2)n1. The van der Waals surface area contributed by atoms with Crippen molar-refractivity contribution in [3.05, 3.63) is 40.4 Å². The van der Waals surface area contributed by atoms with E-state index in [1.54, 1.807) is 34.5 Å². The summed E-state index contributed by atoms with van der Waals surface area (Å²) in [7, 11) is 0. The van der Waals surface area contributed by atoms with Crippen molar-refractivity contribution in [1.29, 1.82) is 0 Å². The number of nitrogens with one attached hydrogen (secondary N) is 2. The van der Waals surface area contributed by atoms with Gasteiger partial charge in [0, 0.05) is 29.2 Å². The van der Waals surface area contributed by atoms with E-state index in [-0.39, 0.29) is 5.91 Å². The van der Waals surface area contributed by atoms with Gasteiger partial charge in [0.05, 0.1) is 0 Å². The van der Waals surface area contributed by atoms with Crippen LogP contribution in [0.1, 0.15) is 24.3 Å². The van der Waals surface area contributed by atoms with Crippen molar-refractivity contribution in [2.75, 3.05) is 23.7 Å². The van der Waals surface area contributed by atoms with Crippen LogP contribution in [-0.2, 0) is 0 Å². The van der Waals surface area contributed by atoms with Crippen molar-refractivity contribution >= 4 is 45.7 Å². The third-order valence-corrected chi connectivity index (χ3v) is 4.11. The van der Waals surface area contributed by atoms with Crippen LogP contribution < -0.4 is 10.6 Å². The summed E-state index contributed by atoms with van der Waals surface area (Å²) < 4.78 is 0. The molecule has 2 N–H and O–H groups in total. The molecule has 6 nitrogen and oxygen atoms in total. The molecule has 1 aromatic carbocycles. The highest BCUT2D eigenvalue weighted by atomic mass is 35.5. The number of carbonyl (C=O) groups excluding carboxylic acids is 2. The lowest BCUT2D eigenvalue weighted by atomic mass is 10.3. The van der Waals surface area contributed by atoms with Gasteiger partial charge in [-0.3, -0.25) is 10.1 Å². The second-order valence-corrected chi connectivity index (χ2v) is 5.90. The zero-order chi connectivity index (χ0) is 16.8. The average Bonchev–Trinajstić information content (AvgIpc) is 2.99. The molecule has 0 aliphatic carbocycles. The molecule has 23 heavy (non-hydrogen) atoms. The number of hydrogen-bond donors (Lipinski definition) is 2. The van der Waals surface area contributed by atoms with Crippen LogP contribution in [0.4, 0.5) is 15.6 Å². The molecular formula is C15H17ClN4O2S. The summed E-state index contributed by atoms with van der Waals surface area (Å²) in [5.41, 5.74) is 0.948. The smallest absolute Gasteiger partial charge is 0.325 e. The number of halogens is 1. The Morgan fingerprint density at radius 2 is 1.83 bits per heavy atom. The fraction of sp³-hybridized carbons (Fsp3) is 0.267. The predicted octanol–water partition coefficient (Wildman–Crippen LogP) is 3.92. The number of nitrogens with zero attached hydrogens (tertiary/aromatic N) is 2. The molecule has 0 aliphatic rings. The minimum atomic E-state index is -0.427. The minimum Gasteiger partial charge on any atom is -0.338 e. The molecule has 8 heteroatoms. The van der Waals surface area contributed by atoms with Crippen molar-refractivity contribution < 1.29 is 9.59 Å². The molecule has 3 amide bonds. The van der Waals surface area contributed by atoms with Crippen LogP contribution in [0.3, 0.4) is 0 Å². The van der Waals surface area contributed by atoms with Crippen LogP contribution in [0.5, 0.6) is 0 Å². The molecule has 0 saturated heterocycles. The highest BCUT2D eigenvalue weighted by Crippen LogP contribution is 2.18. The lowest BCUT2D eigenvalue weighted by molar-refractivity contribution is 0.0768. The fourth-order valence-corrected chi connectivity index (χ4v) is 2.70. The van der Waals surface area contributed by atoms with Crippen LogP contribution >= 0.6 is 22.9 Å². The lowest BCUT2D eigenvalue weighted by Crippen LogP contribution is -2.30. The first kappa shape index (κ1) is 17.2. The number of thiazole rings is 1. The third-order valence-electron chi connectivity index (χ3n) is 3.10. The Hall–Kier alpha value is -2.12. The zero-order valence-electron chi connectivity index (χ0n) is 12.8. The molecule has 0 spiro atoms. The number of hydrogen-bond acceptors (Lipinski definition) is 4. The van der Waals surface area contributed by atoms with E-state index in [0.29, 0.717) is 34.6 Å². The number of anilines is 2. The first-order valence-corrected chi connectivity index (χ1v) is 8.37. The number of urea groups is 1. The number of aromatic nitrogens is 1. The molecule has 2 rings (SSSR count). The normalized spacial score (nSPS) is 10.2. The molecule has 122 valence electrons. The Morgan fingerprint density at radius 1 is 1.17 bits per heavy atom. The van der Waals surface area contributed by atoms with Crippen molar-refractivity contribution in [3.63, 3.8) is 0 Å². The van der Waals surface area contributed by atoms with Gasteiger partial charge in [-0.25, -0.2) is 9.78 Å². The molecule has 0 fully saturated rings. The van der Waals surface area contributed by atoms with Crippen LogP contribution in [0.25, 0.3) is 0 Å². The second-order valence-electron chi connectivity index (χ2n) is 4.60. The van der Waals surface area contributed by atoms with E-state index in [4.69, 9.17) is 11.6 Å². The van der Waals surface area contributed by atoms with Crippen LogP contribution in [0.15, 0.2) is 29.6 Å². The maximum Gasteiger partial charge on any atom is 0.325 e. The van der Waals surface area contributed by atoms with Gasteiger partial charge in [0.25, 0.3) is 5.91 Å². The largest absolute Gasteiger partial charge is 0.338 e. The van der Waals surface area contributed by atoms with Crippen molar-refractivity contribution in [2.24, 2.45) is 0 Å². The van der Waals surface area contributed by atoms with Crippen molar-refractivity contribution in [2.45, 2.75) is 13.8 Å². The summed E-state index contributed by atoms with van der Waals surface area (Å²) in [5, 5.41) is 7.87. The van der Waals surface area contributed by atoms with Gasteiger partial charge < -0.3 is 10.2 Å². The van der Waals surface area contributed by atoms with Gasteiger partial charge in [-0.2, -0.15) is 0 Å². The van der Waals surface area contributed by atoms with Crippen LogP contribution in [0.2, 0.25) is 5.02 Å². The van der Waals surface area contributed by atoms with Gasteiger partial charge >= 0.3 is 6.03 Å². The monoisotopic (exact) mass is 352 g/mol. The van der Waals surface area contributed by atoms with E-state index in [9.17, 15) is 9.59 Å². The topological polar surface area (TPSA) is 74.3 Å². The Balaban J connectivity index is 1.97. The first-order chi connectivity index (χ1) is 11.0. The Morgan fingerprint density at radius 3 is 2.43 bits per heavy atom. The second kappa shape index (κ2) is 7.94. The van der Waals surface area contributed by atoms with Gasteiger partial charge in [-0.05, 0) is 38.1 Å². The summed E-state index contributed by atoms with van der Waals surface area (Å²) in [6.45, 7) is 5.05. The molecule has 1 aromatic heterocycles. The lowest BCUT2D eigenvalue weighted by Gasteiger charge is -2.16. The summed E-state index contributed by atoms with van der Waals surface area (Å²) >= 11 is 6.99. The number of benzene rings is 1. The van der Waals surface area contributed by atoms with E-state index < -0.39 is 6.03 Å². The van der Waals surface area contributed by atoms with Crippen molar-refractivity contribution in [3.8, 4) is 0 Å². The standard InChI is InChI=1S/C15H17ClN4O2S/c1-3-20(4-2)13(21)12-9-23-15(18-12)19-14(22)17-11-7-5-10(16)6-8-11/h5-9H,3-4H2,1-2H3,(H2,17,18,19,22). The van der Waals surface area contributed by atoms with Gasteiger partial charge in [0.2, 0.25) is 0 Å². The molecule has 0 radical (unpaired) electrons. The number of amides is 3. The van der Waals surface area contributed by atoms with E-state index in [0.717, 1.165) is 0 Å². The van der Waals surface area contributed by atoms with E-state index in [1.165, 1.54) is 11.3 Å². The molecule has 0 atom stereocenters. The molecule has 2 aromatic rings. The number of rotatable bonds is 5. The Bertz CT molecular complexity index is 683. The van der Waals surface area contributed by atoms with Crippen molar-refractivity contribution in [1.82, 2.24) is 9.88 Å². The maximum atomic E-state index is 12.2. The van der Waals surface area contributed by atoms with Gasteiger partial charge in [0.1, 0.15) is 5.69 Å². The summed E-state index contributed by atoms with van der Waals surface area (Å²) in [6.07, 6.45) is 0. The van der Waals surface area contributed by atoms with Gasteiger partial charge in [0.15, 0.2) is 5.13 Å². The predicted molar refractivity (Wildman–Crippen MR) is 93.5 cm³/mol. The highest BCUT2D eigenvalue weighted by Gasteiger charge is 2.16. The Labute approximate surface area is 143 Å². The summed E-state index contributed by atoms with van der Waals surface area (Å²) in [5.74, 6) is -0.141. The molecule has 0 unspecified atom stereocenters. The molecule has 0 aliphatic heterocycles. The quantitative estimate of drug-likeness (QED) is 0.856.